The lowest BCUT2D eigenvalue weighted by Crippen LogP contribution is -2.35. The molecule has 0 radical (unpaired) electrons. The van der Waals surface area contributed by atoms with Crippen molar-refractivity contribution < 1.29 is 32.8 Å². The monoisotopic (exact) mass is 359 g/mol. The van der Waals surface area contributed by atoms with Crippen LogP contribution in [0.1, 0.15) is 5.56 Å². The molecule has 11 heteroatoms. The van der Waals surface area contributed by atoms with Gasteiger partial charge >= 0.3 is 10.2 Å². The Morgan fingerprint density at radius 2 is 2.12 bits per heavy atom. The first-order valence-electron chi connectivity index (χ1n) is 7.01. The van der Waals surface area contributed by atoms with Crippen molar-refractivity contribution >= 4 is 21.7 Å². The molecule has 3 rings (SSSR count). The van der Waals surface area contributed by atoms with Gasteiger partial charge in [0.2, 0.25) is 0 Å². The van der Waals surface area contributed by atoms with Crippen molar-refractivity contribution in [2.75, 3.05) is 18.4 Å². The number of ether oxygens (including phenoxy) is 3. The van der Waals surface area contributed by atoms with Gasteiger partial charge in [-0.3, -0.25) is 4.72 Å². The van der Waals surface area contributed by atoms with E-state index < -0.39 is 34.8 Å². The number of methoxy groups -OCH3 is 1. The van der Waals surface area contributed by atoms with Gasteiger partial charge in [0.05, 0.1) is 11.3 Å². The number of amidine groups is 1. The van der Waals surface area contributed by atoms with Crippen LogP contribution in [0, 0.1) is 0 Å². The van der Waals surface area contributed by atoms with Crippen LogP contribution in [0.4, 0.5) is 5.69 Å². The molecule has 2 heterocycles. The zero-order valence-corrected chi connectivity index (χ0v) is 13.4. The SMILES string of the molecule is CO[C@@H]1O[C@H](COc2cccc3c2C(N)=NS(=O)(=O)N3)[C@@H](O)[C@H]1O. The molecular formula is C13H17N3O7S. The molecule has 0 aromatic heterocycles. The van der Waals surface area contributed by atoms with Crippen LogP contribution in [0.25, 0.3) is 0 Å². The minimum absolute atomic E-state index is 0.103. The number of hydrogen-bond donors (Lipinski definition) is 4. The van der Waals surface area contributed by atoms with Crippen LogP contribution < -0.4 is 15.2 Å². The van der Waals surface area contributed by atoms with Crippen molar-refractivity contribution in [3.8, 4) is 5.75 Å². The first-order valence-corrected chi connectivity index (χ1v) is 8.45. The fourth-order valence-electron chi connectivity index (χ4n) is 2.56. The second-order valence-corrected chi connectivity index (χ2v) is 6.64. The third kappa shape index (κ3) is 3.03. The quantitative estimate of drug-likeness (QED) is 0.508. The first kappa shape index (κ1) is 16.9. The molecule has 0 amide bonds. The number of fused-ring (bicyclic) bond motifs is 1. The topological polar surface area (TPSA) is 153 Å². The van der Waals surface area contributed by atoms with Crippen molar-refractivity contribution in [2.24, 2.45) is 10.1 Å². The van der Waals surface area contributed by atoms with Crippen molar-refractivity contribution in [2.45, 2.75) is 24.6 Å². The van der Waals surface area contributed by atoms with Crippen LogP contribution in [0.2, 0.25) is 0 Å². The molecule has 1 fully saturated rings. The molecule has 5 N–H and O–H groups in total. The summed E-state index contributed by atoms with van der Waals surface area (Å²) in [7, 11) is -2.53. The van der Waals surface area contributed by atoms with Crippen LogP contribution >= 0.6 is 0 Å². The fourth-order valence-corrected chi connectivity index (χ4v) is 3.40. The Morgan fingerprint density at radius 1 is 1.38 bits per heavy atom. The molecule has 0 saturated carbocycles. The van der Waals surface area contributed by atoms with Gasteiger partial charge in [0.25, 0.3) is 0 Å². The summed E-state index contributed by atoms with van der Waals surface area (Å²) in [5.74, 6) is 0.0596. The number of nitrogens with two attached hydrogens (primary N) is 1. The molecular weight excluding hydrogens is 342 g/mol. The number of nitrogens with one attached hydrogen (secondary N) is 1. The van der Waals surface area contributed by atoms with Crippen LogP contribution in [0.15, 0.2) is 22.6 Å². The molecule has 4 atom stereocenters. The highest BCUT2D eigenvalue weighted by Gasteiger charge is 2.43. The van der Waals surface area contributed by atoms with Crippen molar-refractivity contribution in [3.63, 3.8) is 0 Å². The summed E-state index contributed by atoms with van der Waals surface area (Å²) in [6, 6.07) is 4.67. The van der Waals surface area contributed by atoms with E-state index in [0.29, 0.717) is 5.56 Å². The van der Waals surface area contributed by atoms with Crippen molar-refractivity contribution in [3.05, 3.63) is 23.8 Å². The van der Waals surface area contributed by atoms with E-state index in [-0.39, 0.29) is 23.9 Å². The molecule has 0 aliphatic carbocycles. The number of aliphatic hydroxyl groups is 2. The Labute approximate surface area is 138 Å². The van der Waals surface area contributed by atoms with E-state index in [1.165, 1.54) is 13.2 Å². The maximum absolute atomic E-state index is 11.5. The predicted molar refractivity (Wildman–Crippen MR) is 82.9 cm³/mol. The third-order valence-electron chi connectivity index (χ3n) is 3.69. The fraction of sp³-hybridized carbons (Fsp3) is 0.462. The summed E-state index contributed by atoms with van der Waals surface area (Å²) in [5, 5.41) is 19.7. The molecule has 10 nitrogen and oxygen atoms in total. The summed E-state index contributed by atoms with van der Waals surface area (Å²) < 4.78 is 44.5. The minimum atomic E-state index is -3.88. The standard InChI is InChI=1S/C13H17N3O7S/c1-21-13-11(18)10(17)8(23-13)5-22-7-4-2-3-6-9(7)12(14)16-24(19,20)15-6/h2-4,8,10-11,13,15,17-18H,5H2,1H3,(H2,14,16)/t8-,10-,11-,13-/m1/s1. The molecule has 1 aromatic carbocycles. The Bertz CT molecular complexity index is 767. The van der Waals surface area contributed by atoms with Gasteiger partial charge < -0.3 is 30.2 Å². The van der Waals surface area contributed by atoms with Gasteiger partial charge in [-0.05, 0) is 12.1 Å². The third-order valence-corrected chi connectivity index (χ3v) is 4.61. The Kier molecular flexibility index (Phi) is 4.36. The van der Waals surface area contributed by atoms with E-state index in [4.69, 9.17) is 19.9 Å². The average Bonchev–Trinajstić information content (AvgIpc) is 2.78. The lowest BCUT2D eigenvalue weighted by Gasteiger charge is -2.21. The van der Waals surface area contributed by atoms with Gasteiger partial charge in [-0.25, -0.2) is 0 Å². The minimum Gasteiger partial charge on any atom is -0.490 e. The largest absolute Gasteiger partial charge is 0.490 e. The summed E-state index contributed by atoms with van der Waals surface area (Å²) in [6.07, 6.45) is -4.14. The zero-order chi connectivity index (χ0) is 17.5. The number of anilines is 1. The number of rotatable bonds is 4. The van der Waals surface area contributed by atoms with E-state index in [0.717, 1.165) is 0 Å². The molecule has 132 valence electrons. The molecule has 1 aromatic rings. The molecule has 2 aliphatic rings. The van der Waals surface area contributed by atoms with E-state index in [9.17, 15) is 18.6 Å². The summed E-state index contributed by atoms with van der Waals surface area (Å²) >= 11 is 0. The maximum Gasteiger partial charge on any atom is 0.344 e. The van der Waals surface area contributed by atoms with Gasteiger partial charge in [-0.15, -0.1) is 4.40 Å². The summed E-state index contributed by atoms with van der Waals surface area (Å²) in [6.45, 7) is -0.103. The van der Waals surface area contributed by atoms with Gasteiger partial charge in [0, 0.05) is 7.11 Å². The molecule has 2 aliphatic heterocycles. The van der Waals surface area contributed by atoms with Crippen LogP contribution in [0.5, 0.6) is 5.75 Å². The Morgan fingerprint density at radius 3 is 2.79 bits per heavy atom. The van der Waals surface area contributed by atoms with E-state index in [1.807, 2.05) is 0 Å². The van der Waals surface area contributed by atoms with E-state index >= 15 is 0 Å². The van der Waals surface area contributed by atoms with Gasteiger partial charge in [0.15, 0.2) is 12.1 Å². The van der Waals surface area contributed by atoms with Gasteiger partial charge in [-0.1, -0.05) is 6.07 Å². The highest BCUT2D eigenvalue weighted by atomic mass is 32.2. The van der Waals surface area contributed by atoms with Crippen LogP contribution in [0.3, 0.4) is 0 Å². The average molecular weight is 359 g/mol. The van der Waals surface area contributed by atoms with Crippen LogP contribution in [-0.4, -0.2) is 62.8 Å². The zero-order valence-electron chi connectivity index (χ0n) is 12.6. The Balaban J connectivity index is 1.79. The molecule has 1 saturated heterocycles. The molecule has 0 bridgehead atoms. The lowest BCUT2D eigenvalue weighted by atomic mass is 10.1. The highest BCUT2D eigenvalue weighted by Crippen LogP contribution is 2.31. The van der Waals surface area contributed by atoms with Crippen molar-refractivity contribution in [1.82, 2.24) is 0 Å². The maximum atomic E-state index is 11.5. The van der Waals surface area contributed by atoms with Gasteiger partial charge in [-0.2, -0.15) is 8.42 Å². The smallest absolute Gasteiger partial charge is 0.344 e. The summed E-state index contributed by atoms with van der Waals surface area (Å²) in [5.41, 5.74) is 6.24. The lowest BCUT2D eigenvalue weighted by molar-refractivity contribution is -0.152. The Hall–Kier alpha value is -1.92. The van der Waals surface area contributed by atoms with Crippen LogP contribution in [-0.2, 0) is 19.7 Å². The number of nitrogens with zero attached hydrogens (tertiary/aromatic N) is 1. The predicted octanol–water partition coefficient (Wildman–Crippen LogP) is -1.47. The summed E-state index contributed by atoms with van der Waals surface area (Å²) in [4.78, 5) is 0. The van der Waals surface area contributed by atoms with E-state index in [2.05, 4.69) is 9.12 Å². The second kappa shape index (κ2) is 6.18. The number of benzene rings is 1. The first-order chi connectivity index (χ1) is 11.3. The molecule has 0 unspecified atom stereocenters. The second-order valence-electron chi connectivity index (χ2n) is 5.30. The van der Waals surface area contributed by atoms with Gasteiger partial charge in [0.1, 0.15) is 30.7 Å². The molecule has 24 heavy (non-hydrogen) atoms. The number of aliphatic hydroxyl groups excluding tert-OH is 2. The normalized spacial score (nSPS) is 31.0. The van der Waals surface area contributed by atoms with E-state index in [1.54, 1.807) is 12.1 Å². The highest BCUT2D eigenvalue weighted by molar-refractivity contribution is 7.91. The number of hydrogen-bond acceptors (Lipinski definition) is 8. The van der Waals surface area contributed by atoms with Crippen molar-refractivity contribution in [1.29, 1.82) is 0 Å². The molecule has 0 spiro atoms.